The summed E-state index contributed by atoms with van der Waals surface area (Å²) in [5.41, 5.74) is 0. The number of likely N-dealkylation sites (tertiary alicyclic amines) is 1. The Balaban J connectivity index is 2.08. The highest BCUT2D eigenvalue weighted by Gasteiger charge is 2.31. The third-order valence-electron chi connectivity index (χ3n) is 3.04. The van der Waals surface area contributed by atoms with E-state index in [0.717, 1.165) is 12.8 Å². The van der Waals surface area contributed by atoms with Gasteiger partial charge in [0.05, 0.1) is 6.10 Å². The zero-order valence-corrected chi connectivity index (χ0v) is 10.5. The van der Waals surface area contributed by atoms with E-state index in [2.05, 4.69) is 0 Å². The van der Waals surface area contributed by atoms with Gasteiger partial charge in [0.15, 0.2) is 11.0 Å². The van der Waals surface area contributed by atoms with Crippen LogP contribution in [0.1, 0.15) is 36.7 Å². The molecule has 2 rings (SSSR count). The van der Waals surface area contributed by atoms with Crippen LogP contribution in [0.2, 0.25) is 5.22 Å². The van der Waals surface area contributed by atoms with Gasteiger partial charge in [0, 0.05) is 12.6 Å². The SMILES string of the molecule is CC(O)CC1CCCN1C(=O)c1ccc(Cl)o1. The van der Waals surface area contributed by atoms with Crippen LogP contribution < -0.4 is 0 Å². The van der Waals surface area contributed by atoms with Crippen molar-refractivity contribution in [3.05, 3.63) is 23.1 Å². The molecule has 5 heteroatoms. The Bertz CT molecular complexity index is 402. The third-order valence-corrected chi connectivity index (χ3v) is 3.24. The molecule has 0 aromatic carbocycles. The van der Waals surface area contributed by atoms with Crippen LogP contribution in [0.25, 0.3) is 0 Å². The summed E-state index contributed by atoms with van der Waals surface area (Å²) in [5, 5.41) is 9.63. The molecule has 1 aliphatic rings. The number of halogens is 1. The van der Waals surface area contributed by atoms with Crippen molar-refractivity contribution in [3.8, 4) is 0 Å². The summed E-state index contributed by atoms with van der Waals surface area (Å²) < 4.78 is 5.12. The normalized spacial score (nSPS) is 21.8. The highest BCUT2D eigenvalue weighted by molar-refractivity contribution is 6.29. The van der Waals surface area contributed by atoms with E-state index in [1.807, 2.05) is 0 Å². The minimum atomic E-state index is -0.395. The van der Waals surface area contributed by atoms with Crippen molar-refractivity contribution in [2.24, 2.45) is 0 Å². The molecule has 1 aromatic heterocycles. The minimum Gasteiger partial charge on any atom is -0.440 e. The van der Waals surface area contributed by atoms with Gasteiger partial charge in [0.1, 0.15) is 0 Å². The molecule has 0 spiro atoms. The Labute approximate surface area is 105 Å². The maximum atomic E-state index is 12.1. The number of hydrogen-bond acceptors (Lipinski definition) is 3. The monoisotopic (exact) mass is 257 g/mol. The maximum absolute atomic E-state index is 12.1. The molecule has 1 fully saturated rings. The van der Waals surface area contributed by atoms with Gasteiger partial charge in [-0.05, 0) is 49.9 Å². The number of furan rings is 1. The zero-order valence-electron chi connectivity index (χ0n) is 9.73. The molecule has 1 saturated heterocycles. The van der Waals surface area contributed by atoms with Crippen LogP contribution in [0.5, 0.6) is 0 Å². The number of carbonyl (C=O) groups is 1. The highest BCUT2D eigenvalue weighted by Crippen LogP contribution is 2.25. The Morgan fingerprint density at radius 2 is 2.47 bits per heavy atom. The van der Waals surface area contributed by atoms with E-state index in [1.54, 1.807) is 24.0 Å². The number of aliphatic hydroxyl groups is 1. The van der Waals surface area contributed by atoms with Crippen molar-refractivity contribution in [2.75, 3.05) is 6.54 Å². The Kier molecular flexibility index (Phi) is 3.74. The second-order valence-corrected chi connectivity index (χ2v) is 4.86. The van der Waals surface area contributed by atoms with Gasteiger partial charge < -0.3 is 14.4 Å². The summed E-state index contributed by atoms with van der Waals surface area (Å²) in [5.74, 6) is 0.132. The molecular formula is C12H16ClNO3. The lowest BCUT2D eigenvalue weighted by Gasteiger charge is -2.24. The average molecular weight is 258 g/mol. The number of carbonyl (C=O) groups excluding carboxylic acids is 1. The molecular weight excluding hydrogens is 242 g/mol. The number of rotatable bonds is 3. The van der Waals surface area contributed by atoms with Gasteiger partial charge in [0.25, 0.3) is 5.91 Å². The van der Waals surface area contributed by atoms with Crippen LogP contribution in [0.15, 0.2) is 16.5 Å². The van der Waals surface area contributed by atoms with Crippen molar-refractivity contribution >= 4 is 17.5 Å². The summed E-state index contributed by atoms with van der Waals surface area (Å²) in [7, 11) is 0. The van der Waals surface area contributed by atoms with E-state index in [1.165, 1.54) is 0 Å². The molecule has 1 aromatic rings. The third kappa shape index (κ3) is 2.82. The smallest absolute Gasteiger partial charge is 0.289 e. The zero-order chi connectivity index (χ0) is 12.4. The van der Waals surface area contributed by atoms with E-state index in [-0.39, 0.29) is 22.9 Å². The maximum Gasteiger partial charge on any atom is 0.289 e. The average Bonchev–Trinajstić information content (AvgIpc) is 2.85. The van der Waals surface area contributed by atoms with Gasteiger partial charge in [-0.1, -0.05) is 0 Å². The number of hydrogen-bond donors (Lipinski definition) is 1. The first kappa shape index (κ1) is 12.5. The predicted octanol–water partition coefficient (Wildman–Crippen LogP) is 2.31. The number of nitrogens with zero attached hydrogens (tertiary/aromatic N) is 1. The first-order valence-corrected chi connectivity index (χ1v) is 6.20. The second-order valence-electron chi connectivity index (χ2n) is 4.48. The lowest BCUT2D eigenvalue weighted by molar-refractivity contribution is 0.0651. The molecule has 0 bridgehead atoms. The molecule has 4 nitrogen and oxygen atoms in total. The van der Waals surface area contributed by atoms with Gasteiger partial charge in [-0.2, -0.15) is 0 Å². The van der Waals surface area contributed by atoms with Crippen molar-refractivity contribution in [2.45, 2.75) is 38.3 Å². The van der Waals surface area contributed by atoms with Gasteiger partial charge >= 0.3 is 0 Å². The van der Waals surface area contributed by atoms with Gasteiger partial charge in [-0.3, -0.25) is 4.79 Å². The molecule has 1 aliphatic heterocycles. The molecule has 2 unspecified atom stereocenters. The summed E-state index contributed by atoms with van der Waals surface area (Å²) in [6, 6.07) is 3.25. The quantitative estimate of drug-likeness (QED) is 0.904. The standard InChI is InChI=1S/C12H16ClNO3/c1-8(15)7-9-3-2-6-14(9)12(16)10-4-5-11(13)17-10/h4-5,8-9,15H,2-3,6-7H2,1H3. The van der Waals surface area contributed by atoms with E-state index in [4.69, 9.17) is 16.0 Å². The van der Waals surface area contributed by atoms with Gasteiger partial charge in [-0.25, -0.2) is 0 Å². The fourth-order valence-corrected chi connectivity index (χ4v) is 2.46. The topological polar surface area (TPSA) is 53.7 Å². The first-order chi connectivity index (χ1) is 8.08. The first-order valence-electron chi connectivity index (χ1n) is 5.82. The van der Waals surface area contributed by atoms with Crippen molar-refractivity contribution in [1.29, 1.82) is 0 Å². The predicted molar refractivity (Wildman–Crippen MR) is 64.1 cm³/mol. The molecule has 0 aliphatic carbocycles. The summed E-state index contributed by atoms with van der Waals surface area (Å²) in [6.07, 6.45) is 2.12. The minimum absolute atomic E-state index is 0.103. The van der Waals surface area contributed by atoms with Gasteiger partial charge in [-0.15, -0.1) is 0 Å². The summed E-state index contributed by atoms with van der Waals surface area (Å²) in [6.45, 7) is 2.46. The van der Waals surface area contributed by atoms with Crippen LogP contribution in [-0.4, -0.2) is 34.6 Å². The van der Waals surface area contributed by atoms with E-state index >= 15 is 0 Å². The molecule has 1 N–H and O–H groups in total. The molecule has 2 atom stereocenters. The lowest BCUT2D eigenvalue weighted by atomic mass is 10.1. The largest absolute Gasteiger partial charge is 0.440 e. The van der Waals surface area contributed by atoms with Crippen molar-refractivity contribution < 1.29 is 14.3 Å². The molecule has 0 saturated carbocycles. The molecule has 0 radical (unpaired) electrons. The van der Waals surface area contributed by atoms with Crippen molar-refractivity contribution in [1.82, 2.24) is 4.90 Å². The lowest BCUT2D eigenvalue weighted by Crippen LogP contribution is -2.37. The van der Waals surface area contributed by atoms with Crippen LogP contribution in [0, 0.1) is 0 Å². The molecule has 17 heavy (non-hydrogen) atoms. The van der Waals surface area contributed by atoms with Crippen LogP contribution in [-0.2, 0) is 0 Å². The van der Waals surface area contributed by atoms with E-state index in [0.29, 0.717) is 13.0 Å². The van der Waals surface area contributed by atoms with E-state index in [9.17, 15) is 9.90 Å². The highest BCUT2D eigenvalue weighted by atomic mass is 35.5. The summed E-state index contributed by atoms with van der Waals surface area (Å²) in [4.78, 5) is 13.9. The Morgan fingerprint density at radius 1 is 1.71 bits per heavy atom. The summed E-state index contributed by atoms with van der Waals surface area (Å²) >= 11 is 5.65. The van der Waals surface area contributed by atoms with Gasteiger partial charge in [0.2, 0.25) is 0 Å². The number of amides is 1. The van der Waals surface area contributed by atoms with Crippen LogP contribution in [0.3, 0.4) is 0 Å². The van der Waals surface area contributed by atoms with Crippen LogP contribution in [0.4, 0.5) is 0 Å². The molecule has 2 heterocycles. The Morgan fingerprint density at radius 3 is 3.06 bits per heavy atom. The fourth-order valence-electron chi connectivity index (χ4n) is 2.31. The van der Waals surface area contributed by atoms with Crippen LogP contribution >= 0.6 is 11.6 Å². The second kappa shape index (κ2) is 5.10. The van der Waals surface area contributed by atoms with Crippen molar-refractivity contribution in [3.63, 3.8) is 0 Å². The number of aliphatic hydroxyl groups excluding tert-OH is 1. The van der Waals surface area contributed by atoms with E-state index < -0.39 is 6.10 Å². The Hall–Kier alpha value is -1.00. The fraction of sp³-hybridized carbons (Fsp3) is 0.583. The molecule has 94 valence electrons. The molecule has 1 amide bonds.